The molecule has 0 nitrogen and oxygen atoms in total. The monoisotopic (exact) mass is 352 g/mol. The highest BCUT2D eigenvalue weighted by Crippen LogP contribution is 2.43. The lowest BCUT2D eigenvalue weighted by molar-refractivity contribution is 0.216. The maximum Gasteiger partial charge on any atom is 0.194 e. The summed E-state index contributed by atoms with van der Waals surface area (Å²) in [6.45, 7) is 2.13. The first-order valence-electron chi connectivity index (χ1n) is 9.35. The van der Waals surface area contributed by atoms with E-state index in [1.807, 2.05) is 0 Å². The molecule has 1 saturated heterocycles. The topological polar surface area (TPSA) is 0 Å². The van der Waals surface area contributed by atoms with Crippen LogP contribution in [0.25, 0.3) is 0 Å². The van der Waals surface area contributed by atoms with Crippen LogP contribution in [0.1, 0.15) is 56.9 Å². The smallest absolute Gasteiger partial charge is 0.194 e. The predicted molar refractivity (Wildman–Crippen MR) is 95.3 cm³/mol. The summed E-state index contributed by atoms with van der Waals surface area (Å²) in [4.78, 5) is 0. The summed E-state index contributed by atoms with van der Waals surface area (Å²) in [7, 11) is -0.596. The van der Waals surface area contributed by atoms with Crippen LogP contribution in [0.5, 0.6) is 0 Å². The van der Waals surface area contributed by atoms with Crippen LogP contribution in [0.2, 0.25) is 12.1 Å². The van der Waals surface area contributed by atoms with Crippen molar-refractivity contribution in [3.8, 4) is 0 Å². The van der Waals surface area contributed by atoms with E-state index in [9.17, 15) is 13.2 Å². The summed E-state index contributed by atoms with van der Waals surface area (Å²) < 4.78 is 40.0. The Kier molecular flexibility index (Phi) is 5.85. The first-order valence-corrected chi connectivity index (χ1v) is 11.7. The van der Waals surface area contributed by atoms with Crippen molar-refractivity contribution in [3.63, 3.8) is 0 Å². The molecule has 132 valence electrons. The van der Waals surface area contributed by atoms with Crippen LogP contribution >= 0.6 is 0 Å². The van der Waals surface area contributed by atoms with Crippen LogP contribution in [0, 0.1) is 29.3 Å². The number of benzene rings is 1. The Bertz CT molecular complexity index is 560. The Morgan fingerprint density at radius 3 is 1.96 bits per heavy atom. The summed E-state index contributed by atoms with van der Waals surface area (Å²) in [6, 6.07) is 5.25. The van der Waals surface area contributed by atoms with Gasteiger partial charge in [-0.15, -0.1) is 5.70 Å². The lowest BCUT2D eigenvalue weighted by atomic mass is 9.72. The summed E-state index contributed by atoms with van der Waals surface area (Å²) in [5.41, 5.74) is 3.11. The molecule has 0 N–H and O–H groups in total. The van der Waals surface area contributed by atoms with Crippen molar-refractivity contribution in [1.82, 2.24) is 0 Å². The van der Waals surface area contributed by atoms with Crippen molar-refractivity contribution in [2.24, 2.45) is 11.8 Å². The molecule has 4 heteroatoms. The van der Waals surface area contributed by atoms with Crippen molar-refractivity contribution >= 4 is 8.80 Å². The molecule has 0 amide bonds. The zero-order valence-electron chi connectivity index (χ0n) is 14.4. The third-order valence-electron chi connectivity index (χ3n) is 6.20. The second-order valence-electron chi connectivity index (χ2n) is 7.61. The lowest BCUT2D eigenvalue weighted by Crippen LogP contribution is -2.27. The van der Waals surface area contributed by atoms with E-state index in [4.69, 9.17) is 0 Å². The molecule has 1 heterocycles. The lowest BCUT2D eigenvalue weighted by Gasteiger charge is -2.37. The van der Waals surface area contributed by atoms with Crippen LogP contribution in [-0.4, -0.2) is 8.80 Å². The van der Waals surface area contributed by atoms with E-state index in [1.54, 1.807) is 0 Å². The van der Waals surface area contributed by atoms with Gasteiger partial charge in [-0.2, -0.15) is 0 Å². The number of hydrogen-bond acceptors (Lipinski definition) is 0. The number of rotatable bonds is 3. The number of hydrogen-bond donors (Lipinski definition) is 0. The fourth-order valence-electron chi connectivity index (χ4n) is 4.82. The summed E-state index contributed by atoms with van der Waals surface area (Å²) in [6.07, 6.45) is 9.20. The number of allylic oxidation sites excluding steroid dienone is 1. The Balaban J connectivity index is 1.55. The minimum absolute atomic E-state index is 0.180. The van der Waals surface area contributed by atoms with E-state index in [0.717, 1.165) is 37.5 Å². The van der Waals surface area contributed by atoms with Gasteiger partial charge in [0.05, 0.1) is 8.80 Å². The van der Waals surface area contributed by atoms with Crippen molar-refractivity contribution < 1.29 is 13.2 Å². The number of halogens is 3. The molecule has 0 unspecified atom stereocenters. The molecule has 2 fully saturated rings. The predicted octanol–water partition coefficient (Wildman–Crippen LogP) is 6.13. The first-order chi connectivity index (χ1) is 11.6. The Labute approximate surface area is 144 Å². The highest BCUT2D eigenvalue weighted by Gasteiger charge is 2.31. The van der Waals surface area contributed by atoms with Crippen molar-refractivity contribution in [1.29, 1.82) is 0 Å². The third-order valence-corrected chi connectivity index (χ3v) is 9.28. The SMILES string of the molecule is CC=C[Si@H]1CC[C@H]([C@H]2CC[C@H](c3cc(F)c(F)c(F)c3)CC2)CC1. The molecule has 1 aromatic rings. The van der Waals surface area contributed by atoms with E-state index in [-0.39, 0.29) is 5.92 Å². The van der Waals surface area contributed by atoms with Crippen LogP contribution < -0.4 is 0 Å². The van der Waals surface area contributed by atoms with Crippen molar-refractivity contribution in [3.05, 3.63) is 46.9 Å². The minimum Gasteiger partial charge on any atom is -0.204 e. The summed E-state index contributed by atoms with van der Waals surface area (Å²) in [5, 5.41) is 0. The van der Waals surface area contributed by atoms with E-state index >= 15 is 0 Å². The Morgan fingerprint density at radius 1 is 0.875 bits per heavy atom. The fraction of sp³-hybridized carbons (Fsp3) is 0.600. The third kappa shape index (κ3) is 3.96. The molecule has 0 atom stereocenters. The van der Waals surface area contributed by atoms with Crippen molar-refractivity contribution in [2.45, 2.75) is 63.5 Å². The van der Waals surface area contributed by atoms with Crippen LogP contribution in [0.15, 0.2) is 23.9 Å². The Morgan fingerprint density at radius 2 is 1.42 bits per heavy atom. The molecule has 0 bridgehead atoms. The molecule has 0 radical (unpaired) electrons. The molecule has 0 aromatic heterocycles. The van der Waals surface area contributed by atoms with Crippen LogP contribution in [0.3, 0.4) is 0 Å². The highest BCUT2D eigenvalue weighted by atomic mass is 28.3. The average molecular weight is 353 g/mol. The highest BCUT2D eigenvalue weighted by molar-refractivity contribution is 6.64. The quantitative estimate of drug-likeness (QED) is 0.453. The molecule has 1 saturated carbocycles. The minimum atomic E-state index is -1.35. The fourth-order valence-corrected chi connectivity index (χ4v) is 7.75. The summed E-state index contributed by atoms with van der Waals surface area (Å²) in [5.74, 6) is -1.66. The van der Waals surface area contributed by atoms with E-state index in [1.165, 1.54) is 37.1 Å². The summed E-state index contributed by atoms with van der Waals surface area (Å²) >= 11 is 0. The van der Waals surface area contributed by atoms with Gasteiger partial charge in [-0.05, 0) is 68.1 Å². The van der Waals surface area contributed by atoms with E-state index < -0.39 is 26.2 Å². The van der Waals surface area contributed by atoms with Gasteiger partial charge in [-0.1, -0.05) is 31.0 Å². The van der Waals surface area contributed by atoms with Gasteiger partial charge in [0.25, 0.3) is 0 Å². The van der Waals surface area contributed by atoms with Crippen LogP contribution in [-0.2, 0) is 0 Å². The van der Waals surface area contributed by atoms with Gasteiger partial charge in [-0.25, -0.2) is 13.2 Å². The second-order valence-corrected chi connectivity index (χ2v) is 10.7. The normalized spacial score (nSPS) is 31.5. The Hall–Kier alpha value is -1.03. The van der Waals surface area contributed by atoms with Crippen LogP contribution in [0.4, 0.5) is 13.2 Å². The molecule has 3 rings (SSSR count). The average Bonchev–Trinajstić information content (AvgIpc) is 2.60. The zero-order valence-corrected chi connectivity index (χ0v) is 15.6. The van der Waals surface area contributed by atoms with Gasteiger partial charge in [-0.3, -0.25) is 0 Å². The molecule has 24 heavy (non-hydrogen) atoms. The molecule has 1 aliphatic carbocycles. The van der Waals surface area contributed by atoms with Gasteiger partial charge in [0.15, 0.2) is 17.5 Å². The molecule has 0 spiro atoms. The molecular weight excluding hydrogens is 325 g/mol. The van der Waals surface area contributed by atoms with Gasteiger partial charge in [0, 0.05) is 0 Å². The van der Waals surface area contributed by atoms with Crippen molar-refractivity contribution in [2.75, 3.05) is 0 Å². The van der Waals surface area contributed by atoms with E-state index in [0.29, 0.717) is 5.56 Å². The molecule has 2 aliphatic rings. The van der Waals surface area contributed by atoms with Gasteiger partial charge in [0.1, 0.15) is 0 Å². The zero-order chi connectivity index (χ0) is 17.1. The maximum absolute atomic E-state index is 13.4. The first kappa shape index (κ1) is 17.8. The van der Waals surface area contributed by atoms with Gasteiger partial charge < -0.3 is 0 Å². The molecule has 1 aliphatic heterocycles. The molecular formula is C20H27F3Si. The second kappa shape index (κ2) is 7.90. The maximum atomic E-state index is 13.4. The van der Waals surface area contributed by atoms with Gasteiger partial charge in [0.2, 0.25) is 0 Å². The largest absolute Gasteiger partial charge is 0.204 e. The standard InChI is InChI=1S/C20H27F3Si/c1-2-9-24-10-7-16(8-11-24)14-3-5-15(6-4-14)17-12-18(21)20(23)19(22)13-17/h2,9,12-16,24H,3-8,10-11H2,1H3/t14-,15-,16-,24-. The molecule has 1 aromatic carbocycles. The van der Waals surface area contributed by atoms with E-state index in [2.05, 4.69) is 18.7 Å². The van der Waals surface area contributed by atoms with Gasteiger partial charge >= 0.3 is 0 Å².